The van der Waals surface area contributed by atoms with Crippen molar-refractivity contribution in [3.63, 3.8) is 0 Å². The van der Waals surface area contributed by atoms with E-state index in [0.717, 1.165) is 12.8 Å². The molecule has 1 aromatic heterocycles. The molecule has 2 bridgehead atoms. The van der Waals surface area contributed by atoms with Gasteiger partial charge in [0.2, 0.25) is 11.8 Å². The zero-order valence-electron chi connectivity index (χ0n) is 21.4. The third-order valence-electron chi connectivity index (χ3n) is 6.89. The monoisotopic (exact) mass is 511 g/mol. The molecule has 2 aromatic rings. The van der Waals surface area contributed by atoms with Crippen LogP contribution in [0.2, 0.25) is 0 Å². The van der Waals surface area contributed by atoms with Crippen LogP contribution in [-0.2, 0) is 9.47 Å². The molecule has 1 aromatic carbocycles. The fourth-order valence-corrected chi connectivity index (χ4v) is 5.22. The second kappa shape index (κ2) is 10.1. The first-order valence-corrected chi connectivity index (χ1v) is 12.7. The maximum atomic E-state index is 13.7. The maximum Gasteiger partial charge on any atom is 0.411 e. The van der Waals surface area contributed by atoms with E-state index < -0.39 is 11.7 Å². The van der Waals surface area contributed by atoms with Crippen molar-refractivity contribution in [3.8, 4) is 17.1 Å². The highest BCUT2D eigenvalue weighted by Crippen LogP contribution is 2.39. The number of nitrogens with zero attached hydrogens (tertiary/aromatic N) is 4. The molecule has 198 valence electrons. The van der Waals surface area contributed by atoms with Gasteiger partial charge in [-0.25, -0.2) is 9.78 Å². The number of ether oxygens (including phenoxy) is 3. The molecule has 0 saturated carbocycles. The number of hydrogen-bond donors (Lipinski definition) is 2. The van der Waals surface area contributed by atoms with Crippen molar-refractivity contribution in [2.45, 2.75) is 51.3 Å². The number of fused-ring (bicyclic) bond motifs is 3. The summed E-state index contributed by atoms with van der Waals surface area (Å²) in [4.78, 5) is 39.3. The van der Waals surface area contributed by atoms with Gasteiger partial charge in [-0.1, -0.05) is 12.1 Å². The average Bonchev–Trinajstić information content (AvgIpc) is 3.07. The van der Waals surface area contributed by atoms with Crippen LogP contribution in [0.25, 0.3) is 11.3 Å². The van der Waals surface area contributed by atoms with E-state index in [0.29, 0.717) is 54.8 Å². The molecule has 3 aliphatic heterocycles. The first kappa shape index (κ1) is 25.2. The Morgan fingerprint density at radius 2 is 1.89 bits per heavy atom. The van der Waals surface area contributed by atoms with E-state index in [9.17, 15) is 9.59 Å². The SMILES string of the molecule is CCN1CC(C)(C)Oc2nc(N3C4CCC3COC4)nc(-c3ccc(NC(=O)OCCO)cc3)c2C1=O. The Hall–Kier alpha value is -3.44. The topological polar surface area (TPSA) is 126 Å². The number of aliphatic hydroxyl groups excluding tert-OH is 1. The molecular weight excluding hydrogens is 478 g/mol. The van der Waals surface area contributed by atoms with Crippen molar-refractivity contribution in [2.75, 3.05) is 49.7 Å². The van der Waals surface area contributed by atoms with E-state index in [-0.39, 0.29) is 37.1 Å². The predicted molar refractivity (Wildman–Crippen MR) is 136 cm³/mol. The van der Waals surface area contributed by atoms with Gasteiger partial charge in [0.15, 0.2) is 0 Å². The minimum atomic E-state index is -0.660. The molecule has 0 spiro atoms. The number of anilines is 2. The van der Waals surface area contributed by atoms with Crippen molar-refractivity contribution < 1.29 is 28.9 Å². The van der Waals surface area contributed by atoms with Crippen LogP contribution in [-0.4, -0.2) is 89.2 Å². The first-order valence-electron chi connectivity index (χ1n) is 12.7. The van der Waals surface area contributed by atoms with Gasteiger partial charge >= 0.3 is 6.09 Å². The first-order chi connectivity index (χ1) is 17.8. The van der Waals surface area contributed by atoms with E-state index in [1.54, 1.807) is 29.2 Å². The lowest BCUT2D eigenvalue weighted by atomic mass is 10.0. The molecule has 4 heterocycles. The van der Waals surface area contributed by atoms with Crippen LogP contribution in [0.15, 0.2) is 24.3 Å². The summed E-state index contributed by atoms with van der Waals surface area (Å²) in [5, 5.41) is 11.5. The summed E-state index contributed by atoms with van der Waals surface area (Å²) in [6.45, 7) is 7.70. The molecule has 3 aliphatic rings. The number of amides is 2. The smallest absolute Gasteiger partial charge is 0.411 e. The molecule has 5 rings (SSSR count). The summed E-state index contributed by atoms with van der Waals surface area (Å²) >= 11 is 0. The van der Waals surface area contributed by atoms with Crippen LogP contribution in [0.1, 0.15) is 44.0 Å². The third-order valence-corrected chi connectivity index (χ3v) is 6.89. The van der Waals surface area contributed by atoms with Gasteiger partial charge in [0.05, 0.1) is 44.1 Å². The van der Waals surface area contributed by atoms with Gasteiger partial charge in [-0.3, -0.25) is 10.1 Å². The number of morpholine rings is 1. The molecule has 0 radical (unpaired) electrons. The Bertz CT molecular complexity index is 1150. The summed E-state index contributed by atoms with van der Waals surface area (Å²) in [6, 6.07) is 7.38. The minimum Gasteiger partial charge on any atom is -0.469 e. The van der Waals surface area contributed by atoms with E-state index in [2.05, 4.69) is 10.2 Å². The molecule has 11 nitrogen and oxygen atoms in total. The van der Waals surface area contributed by atoms with Gasteiger partial charge in [-0.2, -0.15) is 4.98 Å². The Labute approximate surface area is 215 Å². The molecule has 0 aliphatic carbocycles. The lowest BCUT2D eigenvalue weighted by Crippen LogP contribution is -2.47. The second-order valence-corrected chi connectivity index (χ2v) is 10.1. The Morgan fingerprint density at radius 3 is 2.54 bits per heavy atom. The molecule has 2 amide bonds. The highest BCUT2D eigenvalue weighted by molar-refractivity contribution is 6.02. The average molecular weight is 512 g/mol. The van der Waals surface area contributed by atoms with Gasteiger partial charge in [0.25, 0.3) is 5.91 Å². The summed E-state index contributed by atoms with van der Waals surface area (Å²) in [6.07, 6.45) is 1.34. The van der Waals surface area contributed by atoms with Crippen molar-refractivity contribution in [2.24, 2.45) is 0 Å². The zero-order chi connectivity index (χ0) is 26.2. The molecule has 2 N–H and O–H groups in total. The lowest BCUT2D eigenvalue weighted by Gasteiger charge is -2.35. The normalized spacial score (nSPS) is 22.2. The van der Waals surface area contributed by atoms with Gasteiger partial charge in [0, 0.05) is 17.8 Å². The van der Waals surface area contributed by atoms with Gasteiger partial charge in [-0.15, -0.1) is 0 Å². The number of likely N-dealkylation sites (N-methyl/N-ethyl adjacent to an activating group) is 1. The Kier molecular flexibility index (Phi) is 6.91. The number of carbonyl (C=O) groups excluding carboxylic acids is 2. The van der Waals surface area contributed by atoms with Crippen molar-refractivity contribution in [3.05, 3.63) is 29.8 Å². The molecule has 2 atom stereocenters. The number of aliphatic hydroxyl groups is 1. The maximum absolute atomic E-state index is 13.7. The van der Waals surface area contributed by atoms with E-state index in [1.807, 2.05) is 20.8 Å². The second-order valence-electron chi connectivity index (χ2n) is 10.1. The van der Waals surface area contributed by atoms with E-state index >= 15 is 0 Å². The number of hydrogen-bond acceptors (Lipinski definition) is 9. The summed E-state index contributed by atoms with van der Waals surface area (Å²) in [5.41, 5.74) is 1.40. The third kappa shape index (κ3) is 5.05. The summed E-state index contributed by atoms with van der Waals surface area (Å²) in [5.74, 6) is 0.642. The van der Waals surface area contributed by atoms with E-state index in [1.165, 1.54) is 0 Å². The van der Waals surface area contributed by atoms with Gasteiger partial charge in [-0.05, 0) is 45.7 Å². The molecule has 2 fully saturated rings. The quantitative estimate of drug-likeness (QED) is 0.602. The molecule has 2 unspecified atom stereocenters. The summed E-state index contributed by atoms with van der Waals surface area (Å²) in [7, 11) is 0. The van der Waals surface area contributed by atoms with Gasteiger partial charge < -0.3 is 29.1 Å². The Morgan fingerprint density at radius 1 is 1.19 bits per heavy atom. The number of benzene rings is 1. The van der Waals surface area contributed by atoms with Crippen LogP contribution < -0.4 is 15.0 Å². The molecular formula is C26H33N5O6. The fraction of sp³-hybridized carbons (Fsp3) is 0.538. The van der Waals surface area contributed by atoms with Crippen LogP contribution in [0.3, 0.4) is 0 Å². The van der Waals surface area contributed by atoms with Crippen LogP contribution >= 0.6 is 0 Å². The number of rotatable bonds is 6. The van der Waals surface area contributed by atoms with Crippen LogP contribution in [0, 0.1) is 0 Å². The number of carbonyl (C=O) groups is 2. The minimum absolute atomic E-state index is 0.0876. The lowest BCUT2D eigenvalue weighted by molar-refractivity contribution is 0.0540. The predicted octanol–water partition coefficient (Wildman–Crippen LogP) is 2.69. The molecule has 2 saturated heterocycles. The number of nitrogens with one attached hydrogen (secondary N) is 1. The van der Waals surface area contributed by atoms with Crippen LogP contribution in [0.4, 0.5) is 16.4 Å². The largest absolute Gasteiger partial charge is 0.469 e. The standard InChI is InChI=1S/C26H33N5O6/c1-4-30-15-26(2,3)37-22-20(23(30)33)21(16-5-7-17(8-6-16)27-25(34)36-12-11-32)28-24(29-22)31-18-9-10-19(31)14-35-13-18/h5-8,18-19,32H,4,9-15H2,1-3H3,(H,27,34). The van der Waals surface area contributed by atoms with Crippen molar-refractivity contribution >= 4 is 23.6 Å². The fourth-order valence-electron chi connectivity index (χ4n) is 5.22. The van der Waals surface area contributed by atoms with Crippen LogP contribution in [0.5, 0.6) is 5.88 Å². The van der Waals surface area contributed by atoms with Gasteiger partial charge in [0.1, 0.15) is 17.8 Å². The highest BCUT2D eigenvalue weighted by Gasteiger charge is 2.42. The van der Waals surface area contributed by atoms with Crippen molar-refractivity contribution in [1.82, 2.24) is 14.9 Å². The number of aromatic nitrogens is 2. The zero-order valence-corrected chi connectivity index (χ0v) is 21.4. The van der Waals surface area contributed by atoms with E-state index in [4.69, 9.17) is 29.3 Å². The molecule has 37 heavy (non-hydrogen) atoms. The Balaban J connectivity index is 1.58. The summed E-state index contributed by atoms with van der Waals surface area (Å²) < 4.78 is 17.0. The molecule has 11 heteroatoms. The van der Waals surface area contributed by atoms with Crippen molar-refractivity contribution in [1.29, 1.82) is 0 Å². The highest BCUT2D eigenvalue weighted by atomic mass is 16.6.